The molecule has 0 spiro atoms. The second-order valence-electron chi connectivity index (χ2n) is 9.08. The fraction of sp³-hybridized carbons (Fsp3) is 0.750. The highest BCUT2D eigenvalue weighted by Gasteiger charge is 2.42. The van der Waals surface area contributed by atoms with Crippen LogP contribution in [0.25, 0.3) is 0 Å². The van der Waals surface area contributed by atoms with Gasteiger partial charge in [-0.15, -0.1) is 0 Å². The third kappa shape index (κ3) is 7.21. The fourth-order valence-corrected chi connectivity index (χ4v) is 4.66. The van der Waals surface area contributed by atoms with Gasteiger partial charge in [0.25, 0.3) is 0 Å². The second-order valence-corrected chi connectivity index (χ2v) is 9.08. The highest BCUT2D eigenvalue weighted by Crippen LogP contribution is 2.47. The van der Waals surface area contributed by atoms with Crippen molar-refractivity contribution in [3.63, 3.8) is 0 Å². The quantitative estimate of drug-likeness (QED) is 0.520. The predicted molar refractivity (Wildman–Crippen MR) is 115 cm³/mol. The molecule has 3 nitrogen and oxygen atoms in total. The highest BCUT2D eigenvalue weighted by molar-refractivity contribution is 5.29. The van der Waals surface area contributed by atoms with Gasteiger partial charge in [-0.25, -0.2) is 0 Å². The summed E-state index contributed by atoms with van der Waals surface area (Å²) in [4.78, 5) is 2.20. The molecule has 0 bridgehead atoms. The Bertz CT molecular complexity index is 522. The van der Waals surface area contributed by atoms with Crippen LogP contribution in [0.2, 0.25) is 0 Å². The number of hydrogen-bond acceptors (Lipinski definition) is 3. The van der Waals surface area contributed by atoms with Gasteiger partial charge in [0, 0.05) is 12.5 Å². The average molecular weight is 376 g/mol. The molecule has 0 aromatic carbocycles. The molecule has 0 radical (unpaired) electrons. The summed E-state index contributed by atoms with van der Waals surface area (Å²) in [6.07, 6.45) is 17.8. The molecule has 2 aliphatic carbocycles. The van der Waals surface area contributed by atoms with Crippen LogP contribution in [0.4, 0.5) is 0 Å². The molecule has 3 heteroatoms. The third-order valence-corrected chi connectivity index (χ3v) is 6.23. The normalized spacial score (nSPS) is 30.4. The molecule has 2 aliphatic rings. The number of fused-ring (bicyclic) bond motifs is 1. The summed E-state index contributed by atoms with van der Waals surface area (Å²) in [6.45, 7) is 5.51. The minimum Gasteiger partial charge on any atom is -0.392 e. The van der Waals surface area contributed by atoms with Crippen molar-refractivity contribution in [3.05, 3.63) is 36.0 Å². The smallest absolute Gasteiger partial charge is 0.0723 e. The van der Waals surface area contributed by atoms with Crippen LogP contribution in [0.5, 0.6) is 0 Å². The Kier molecular flexibility index (Phi) is 9.28. The number of aliphatic hydroxyl groups excluding tert-OH is 2. The van der Waals surface area contributed by atoms with Gasteiger partial charge in [0.1, 0.15) is 0 Å². The Labute approximate surface area is 166 Å². The minimum absolute atomic E-state index is 0.180. The molecule has 0 aromatic heterocycles. The Morgan fingerprint density at radius 1 is 1.33 bits per heavy atom. The van der Waals surface area contributed by atoms with E-state index in [4.69, 9.17) is 0 Å². The number of nitrogens with zero attached hydrogens (tertiary/aromatic N) is 1. The van der Waals surface area contributed by atoms with E-state index >= 15 is 0 Å². The molecule has 0 heterocycles. The van der Waals surface area contributed by atoms with Crippen LogP contribution >= 0.6 is 0 Å². The highest BCUT2D eigenvalue weighted by atomic mass is 16.3. The van der Waals surface area contributed by atoms with Crippen molar-refractivity contribution in [1.82, 2.24) is 4.90 Å². The average Bonchev–Trinajstić information content (AvgIpc) is 3.11. The molecule has 0 unspecified atom stereocenters. The fourth-order valence-electron chi connectivity index (χ4n) is 4.66. The summed E-state index contributed by atoms with van der Waals surface area (Å²) in [5, 5.41) is 20.8. The van der Waals surface area contributed by atoms with Crippen LogP contribution in [-0.4, -0.2) is 48.0 Å². The molecule has 154 valence electrons. The Morgan fingerprint density at radius 2 is 2.11 bits per heavy atom. The Hall–Kier alpha value is -0.900. The molecule has 0 aromatic rings. The Balaban J connectivity index is 1.83. The summed E-state index contributed by atoms with van der Waals surface area (Å²) in [7, 11) is 4.20. The molecule has 6 atom stereocenters. The largest absolute Gasteiger partial charge is 0.392 e. The zero-order chi connectivity index (χ0) is 19.8. The molecule has 2 rings (SSSR count). The summed E-state index contributed by atoms with van der Waals surface area (Å²) in [5.41, 5.74) is 1.42. The first-order valence-corrected chi connectivity index (χ1v) is 11.0. The van der Waals surface area contributed by atoms with Crippen molar-refractivity contribution in [2.45, 2.75) is 71.0 Å². The van der Waals surface area contributed by atoms with Gasteiger partial charge in [-0.1, -0.05) is 69.1 Å². The van der Waals surface area contributed by atoms with E-state index in [0.717, 1.165) is 32.2 Å². The van der Waals surface area contributed by atoms with Crippen molar-refractivity contribution in [3.8, 4) is 0 Å². The van der Waals surface area contributed by atoms with Gasteiger partial charge in [-0.05, 0) is 57.5 Å². The first-order valence-electron chi connectivity index (χ1n) is 11.0. The molecule has 2 N–H and O–H groups in total. The minimum atomic E-state index is -0.386. The zero-order valence-corrected chi connectivity index (χ0v) is 17.8. The van der Waals surface area contributed by atoms with E-state index in [9.17, 15) is 10.2 Å². The van der Waals surface area contributed by atoms with Crippen molar-refractivity contribution in [2.24, 2.45) is 23.7 Å². The van der Waals surface area contributed by atoms with E-state index in [2.05, 4.69) is 57.1 Å². The first kappa shape index (κ1) is 22.4. The van der Waals surface area contributed by atoms with Gasteiger partial charge in [0.05, 0.1) is 12.2 Å². The first-order chi connectivity index (χ1) is 12.9. The van der Waals surface area contributed by atoms with Gasteiger partial charge in [-0.2, -0.15) is 0 Å². The summed E-state index contributed by atoms with van der Waals surface area (Å²) in [6, 6.07) is 0. The monoisotopic (exact) mass is 375 g/mol. The van der Waals surface area contributed by atoms with Crippen LogP contribution in [0.15, 0.2) is 36.0 Å². The number of hydrogen-bond donors (Lipinski definition) is 2. The lowest BCUT2D eigenvalue weighted by atomic mass is 9.88. The van der Waals surface area contributed by atoms with Gasteiger partial charge < -0.3 is 15.1 Å². The van der Waals surface area contributed by atoms with Crippen LogP contribution in [-0.2, 0) is 0 Å². The van der Waals surface area contributed by atoms with Crippen LogP contribution < -0.4 is 0 Å². The van der Waals surface area contributed by atoms with Crippen LogP contribution in [0, 0.1) is 23.7 Å². The van der Waals surface area contributed by atoms with Gasteiger partial charge in [0.15, 0.2) is 0 Å². The molecule has 1 saturated carbocycles. The van der Waals surface area contributed by atoms with Gasteiger partial charge in [0.2, 0.25) is 0 Å². The van der Waals surface area contributed by atoms with E-state index in [1.807, 2.05) is 6.08 Å². The van der Waals surface area contributed by atoms with Crippen LogP contribution in [0.3, 0.4) is 0 Å². The summed E-state index contributed by atoms with van der Waals surface area (Å²) < 4.78 is 0. The van der Waals surface area contributed by atoms with Crippen molar-refractivity contribution >= 4 is 0 Å². The van der Waals surface area contributed by atoms with Gasteiger partial charge >= 0.3 is 0 Å². The third-order valence-electron chi connectivity index (χ3n) is 6.23. The molecule has 0 amide bonds. The number of aliphatic hydroxyl groups is 2. The topological polar surface area (TPSA) is 43.7 Å². The molecule has 0 aliphatic heterocycles. The zero-order valence-electron chi connectivity index (χ0n) is 17.8. The van der Waals surface area contributed by atoms with Crippen molar-refractivity contribution < 1.29 is 10.2 Å². The van der Waals surface area contributed by atoms with E-state index < -0.39 is 0 Å². The lowest BCUT2D eigenvalue weighted by Gasteiger charge is -2.19. The second kappa shape index (κ2) is 11.2. The van der Waals surface area contributed by atoms with E-state index in [-0.39, 0.29) is 18.1 Å². The summed E-state index contributed by atoms with van der Waals surface area (Å²) in [5.74, 6) is 1.72. The van der Waals surface area contributed by atoms with Gasteiger partial charge in [-0.3, -0.25) is 0 Å². The van der Waals surface area contributed by atoms with E-state index in [1.54, 1.807) is 0 Å². The molecule has 1 fully saturated rings. The summed E-state index contributed by atoms with van der Waals surface area (Å²) >= 11 is 0. The predicted octanol–water partition coefficient (Wildman–Crippen LogP) is 4.57. The van der Waals surface area contributed by atoms with Crippen LogP contribution in [0.1, 0.15) is 58.8 Å². The molecular weight excluding hydrogens is 334 g/mol. The molecular formula is C24H41NO2. The van der Waals surface area contributed by atoms with E-state index in [1.165, 1.54) is 24.8 Å². The molecule has 27 heavy (non-hydrogen) atoms. The lowest BCUT2D eigenvalue weighted by Crippen LogP contribution is -2.18. The van der Waals surface area contributed by atoms with E-state index in [0.29, 0.717) is 17.8 Å². The maximum atomic E-state index is 10.5. The maximum Gasteiger partial charge on any atom is 0.0723 e. The Morgan fingerprint density at radius 3 is 2.81 bits per heavy atom. The number of unbranched alkanes of at least 4 members (excludes halogenated alkanes) is 1. The standard InChI is InChI=1S/C24H41NO2/c1-5-6-9-18(2)14-21(26)11-12-22-23-16-19(10-7-8-13-25(3)4)15-20(23)17-24(22)27/h7,10-12,15,18,20-24,26-27H,5-6,8-9,13-14,16-17H2,1-4H3/b10-7-,12-11+/t18-,20-,21+,22+,23-,24+/m0/s1. The van der Waals surface area contributed by atoms with Crippen molar-refractivity contribution in [1.29, 1.82) is 0 Å². The molecule has 0 saturated heterocycles. The maximum absolute atomic E-state index is 10.5. The van der Waals surface area contributed by atoms with Crippen molar-refractivity contribution in [2.75, 3.05) is 20.6 Å². The number of rotatable bonds is 11. The lowest BCUT2D eigenvalue weighted by molar-refractivity contribution is 0.139. The SMILES string of the molecule is CCCC[C@H](C)C[C@H](O)/C=C/[C@@H]1[C@H]2CC(/C=C\CCN(C)C)=C[C@H]2C[C@H]1O. The number of allylic oxidation sites excluding steroid dienone is 3.